The third-order valence-electron chi connectivity index (χ3n) is 3.15. The second-order valence-electron chi connectivity index (χ2n) is 5.26. The summed E-state index contributed by atoms with van der Waals surface area (Å²) in [5, 5.41) is 0. The molecule has 0 aromatic heterocycles. The molecule has 0 heterocycles. The molecule has 0 atom stereocenters. The number of carbonyl (C=O) groups excluding carboxylic acids is 1. The zero-order valence-electron chi connectivity index (χ0n) is 10.8. The van der Waals surface area contributed by atoms with Gasteiger partial charge in [0, 0.05) is 5.92 Å². The first kappa shape index (κ1) is 12.2. The highest BCUT2D eigenvalue weighted by atomic mass is 16.5. The van der Waals surface area contributed by atoms with Crippen LogP contribution in [0.25, 0.3) is 0 Å². The highest BCUT2D eigenvalue weighted by molar-refractivity contribution is 5.84. The summed E-state index contributed by atoms with van der Waals surface area (Å²) >= 11 is 0. The van der Waals surface area contributed by atoms with E-state index in [0.717, 1.165) is 18.6 Å². The van der Waals surface area contributed by atoms with Crippen LogP contribution in [-0.4, -0.2) is 12.4 Å². The number of Topliss-reactive ketones (excluding diaryl/α,β-unsaturated/α-hetero) is 1. The molecule has 0 spiro atoms. The lowest BCUT2D eigenvalue weighted by atomic mass is 10.0. The summed E-state index contributed by atoms with van der Waals surface area (Å²) in [7, 11) is 0. The van der Waals surface area contributed by atoms with Crippen LogP contribution in [0.4, 0.5) is 0 Å². The average molecular weight is 232 g/mol. The molecule has 1 aromatic carbocycles. The minimum Gasteiger partial charge on any atom is -0.486 e. The Kier molecular flexibility index (Phi) is 3.51. The normalized spacial score (nSPS) is 15.1. The van der Waals surface area contributed by atoms with Crippen molar-refractivity contribution in [2.75, 3.05) is 6.61 Å². The molecule has 0 saturated heterocycles. The van der Waals surface area contributed by atoms with Gasteiger partial charge in [0.05, 0.1) is 0 Å². The van der Waals surface area contributed by atoms with Crippen molar-refractivity contribution < 1.29 is 9.53 Å². The van der Waals surface area contributed by atoms with Crippen molar-refractivity contribution in [1.29, 1.82) is 0 Å². The van der Waals surface area contributed by atoms with E-state index < -0.39 is 0 Å². The molecule has 1 fully saturated rings. The van der Waals surface area contributed by atoms with Gasteiger partial charge in [-0.25, -0.2) is 0 Å². The van der Waals surface area contributed by atoms with Crippen LogP contribution < -0.4 is 4.74 Å². The highest BCUT2D eigenvalue weighted by Crippen LogP contribution is 2.30. The molecule has 2 heteroatoms. The average Bonchev–Trinajstić information content (AvgIpc) is 3.08. The Morgan fingerprint density at radius 1 is 1.35 bits per heavy atom. The fraction of sp³-hybridized carbons (Fsp3) is 0.533. The fourth-order valence-corrected chi connectivity index (χ4v) is 1.87. The lowest BCUT2D eigenvalue weighted by Crippen LogP contribution is -2.13. The molecular weight excluding hydrogens is 212 g/mol. The SMILES string of the molecule is Cc1cc(OCC(=O)C2CC2)cc(C(C)C)c1. The number of carbonyl (C=O) groups is 1. The first-order chi connectivity index (χ1) is 8.06. The first-order valence-corrected chi connectivity index (χ1v) is 6.33. The number of aryl methyl sites for hydroxylation is 1. The van der Waals surface area contributed by atoms with Crippen LogP contribution in [0.1, 0.15) is 43.7 Å². The third-order valence-corrected chi connectivity index (χ3v) is 3.15. The van der Waals surface area contributed by atoms with Gasteiger partial charge in [0.15, 0.2) is 5.78 Å². The van der Waals surface area contributed by atoms with Gasteiger partial charge in [-0.3, -0.25) is 4.79 Å². The number of hydrogen-bond donors (Lipinski definition) is 0. The maximum atomic E-state index is 11.6. The Bertz CT molecular complexity index is 417. The van der Waals surface area contributed by atoms with Crippen molar-refractivity contribution in [2.24, 2.45) is 5.92 Å². The number of benzene rings is 1. The second-order valence-corrected chi connectivity index (χ2v) is 5.26. The van der Waals surface area contributed by atoms with Crippen molar-refractivity contribution in [3.8, 4) is 5.75 Å². The van der Waals surface area contributed by atoms with Gasteiger partial charge in [-0.15, -0.1) is 0 Å². The van der Waals surface area contributed by atoms with Gasteiger partial charge >= 0.3 is 0 Å². The Labute approximate surface area is 103 Å². The summed E-state index contributed by atoms with van der Waals surface area (Å²) in [6, 6.07) is 6.20. The van der Waals surface area contributed by atoms with E-state index in [9.17, 15) is 4.79 Å². The quantitative estimate of drug-likeness (QED) is 0.777. The molecule has 0 aliphatic heterocycles. The standard InChI is InChI=1S/C15H20O2/c1-10(2)13-6-11(3)7-14(8-13)17-9-15(16)12-4-5-12/h6-8,10,12H,4-5,9H2,1-3H3. The molecule has 1 aromatic rings. The predicted octanol–water partition coefficient (Wildman–Crippen LogP) is 3.48. The number of ketones is 1. The van der Waals surface area contributed by atoms with Crippen LogP contribution >= 0.6 is 0 Å². The molecule has 92 valence electrons. The van der Waals surface area contributed by atoms with E-state index in [-0.39, 0.29) is 18.3 Å². The monoisotopic (exact) mass is 232 g/mol. The second kappa shape index (κ2) is 4.91. The lowest BCUT2D eigenvalue weighted by Gasteiger charge is -2.11. The van der Waals surface area contributed by atoms with Crippen LogP contribution in [0.3, 0.4) is 0 Å². The number of hydrogen-bond acceptors (Lipinski definition) is 2. The Balaban J connectivity index is 2.01. The predicted molar refractivity (Wildman–Crippen MR) is 68.5 cm³/mol. The Hall–Kier alpha value is -1.31. The molecule has 1 aliphatic carbocycles. The van der Waals surface area contributed by atoms with Gasteiger partial charge in [0.2, 0.25) is 0 Å². The summed E-state index contributed by atoms with van der Waals surface area (Å²) in [5.74, 6) is 1.83. The lowest BCUT2D eigenvalue weighted by molar-refractivity contribution is -0.122. The van der Waals surface area contributed by atoms with Crippen LogP contribution in [0, 0.1) is 12.8 Å². The van der Waals surface area contributed by atoms with Crippen molar-refractivity contribution in [3.05, 3.63) is 29.3 Å². The van der Waals surface area contributed by atoms with E-state index in [1.807, 2.05) is 12.1 Å². The summed E-state index contributed by atoms with van der Waals surface area (Å²) in [6.07, 6.45) is 2.10. The first-order valence-electron chi connectivity index (χ1n) is 6.33. The van der Waals surface area contributed by atoms with E-state index in [2.05, 4.69) is 26.8 Å². The summed E-state index contributed by atoms with van der Waals surface area (Å²) in [4.78, 5) is 11.6. The molecular formula is C15H20O2. The molecule has 0 amide bonds. The van der Waals surface area contributed by atoms with Crippen molar-refractivity contribution in [2.45, 2.75) is 39.5 Å². The molecule has 0 unspecified atom stereocenters. The fourth-order valence-electron chi connectivity index (χ4n) is 1.87. The molecule has 17 heavy (non-hydrogen) atoms. The third kappa shape index (κ3) is 3.32. The Morgan fingerprint density at radius 2 is 2.06 bits per heavy atom. The minimum absolute atomic E-state index is 0.228. The van der Waals surface area contributed by atoms with Gasteiger partial charge in [-0.1, -0.05) is 19.9 Å². The van der Waals surface area contributed by atoms with E-state index in [4.69, 9.17) is 4.74 Å². The molecule has 1 saturated carbocycles. The zero-order chi connectivity index (χ0) is 12.4. The van der Waals surface area contributed by atoms with Gasteiger partial charge in [-0.05, 0) is 48.9 Å². The molecule has 0 radical (unpaired) electrons. The number of rotatable bonds is 5. The van der Waals surface area contributed by atoms with E-state index in [1.165, 1.54) is 11.1 Å². The maximum absolute atomic E-state index is 11.6. The smallest absolute Gasteiger partial charge is 0.173 e. The summed E-state index contributed by atoms with van der Waals surface area (Å²) < 4.78 is 5.59. The van der Waals surface area contributed by atoms with Crippen LogP contribution in [0.15, 0.2) is 18.2 Å². The van der Waals surface area contributed by atoms with Crippen molar-refractivity contribution in [1.82, 2.24) is 0 Å². The molecule has 0 N–H and O–H groups in total. The van der Waals surface area contributed by atoms with E-state index in [0.29, 0.717) is 5.92 Å². The van der Waals surface area contributed by atoms with Gasteiger partial charge < -0.3 is 4.74 Å². The molecule has 0 bridgehead atoms. The van der Waals surface area contributed by atoms with Gasteiger partial charge in [-0.2, -0.15) is 0 Å². The largest absolute Gasteiger partial charge is 0.486 e. The van der Waals surface area contributed by atoms with E-state index >= 15 is 0 Å². The zero-order valence-corrected chi connectivity index (χ0v) is 10.8. The van der Waals surface area contributed by atoms with Crippen LogP contribution in [-0.2, 0) is 4.79 Å². The van der Waals surface area contributed by atoms with E-state index in [1.54, 1.807) is 0 Å². The Morgan fingerprint density at radius 3 is 2.65 bits per heavy atom. The topological polar surface area (TPSA) is 26.3 Å². The molecule has 2 rings (SSSR count). The van der Waals surface area contributed by atoms with Crippen molar-refractivity contribution >= 4 is 5.78 Å². The molecule has 2 nitrogen and oxygen atoms in total. The van der Waals surface area contributed by atoms with Crippen LogP contribution in [0.5, 0.6) is 5.75 Å². The summed E-state index contributed by atoms with van der Waals surface area (Å²) in [6.45, 7) is 6.61. The van der Waals surface area contributed by atoms with Gasteiger partial charge in [0.25, 0.3) is 0 Å². The van der Waals surface area contributed by atoms with Crippen LogP contribution in [0.2, 0.25) is 0 Å². The van der Waals surface area contributed by atoms with Crippen molar-refractivity contribution in [3.63, 3.8) is 0 Å². The number of ether oxygens (including phenoxy) is 1. The minimum atomic E-state index is 0.228. The molecule has 1 aliphatic rings. The maximum Gasteiger partial charge on any atom is 0.173 e. The highest BCUT2D eigenvalue weighted by Gasteiger charge is 2.29. The van der Waals surface area contributed by atoms with Gasteiger partial charge in [0.1, 0.15) is 12.4 Å². The summed E-state index contributed by atoms with van der Waals surface area (Å²) in [5.41, 5.74) is 2.45.